The van der Waals surface area contributed by atoms with Crippen LogP contribution >= 0.6 is 0 Å². The third kappa shape index (κ3) is 24.7. The molecule has 1 atom stereocenters. The van der Waals surface area contributed by atoms with Gasteiger partial charge < -0.3 is 20.7 Å². The fourth-order valence-electron chi connectivity index (χ4n) is 3.93. The molecule has 2 rings (SSSR count). The molecular weight excluding hydrogens is 615 g/mol. The predicted molar refractivity (Wildman–Crippen MR) is 195 cm³/mol. The van der Waals surface area contributed by atoms with E-state index in [-0.39, 0.29) is 18.4 Å². The van der Waals surface area contributed by atoms with Crippen molar-refractivity contribution in [2.24, 2.45) is 0 Å². The maximum Gasteiger partial charge on any atom is 0.416 e. The summed E-state index contributed by atoms with van der Waals surface area (Å²) in [5.41, 5.74) is 1.99. The Morgan fingerprint density at radius 2 is 1.48 bits per heavy atom. The second kappa shape index (κ2) is 29.6. The minimum Gasteiger partial charge on any atom is -0.493 e. The maximum atomic E-state index is 12.3. The molecule has 0 aliphatic carbocycles. The lowest BCUT2D eigenvalue weighted by atomic mass is 10.1. The Morgan fingerprint density at radius 1 is 0.854 bits per heavy atom. The highest BCUT2D eigenvalue weighted by Gasteiger charge is 2.29. The van der Waals surface area contributed by atoms with Gasteiger partial charge in [0.2, 0.25) is 11.8 Å². The first-order chi connectivity index (χ1) is 22.8. The van der Waals surface area contributed by atoms with Gasteiger partial charge in [-0.15, -0.1) is 0 Å². The van der Waals surface area contributed by atoms with Crippen LogP contribution in [0.25, 0.3) is 0 Å². The predicted octanol–water partition coefficient (Wildman–Crippen LogP) is 9.95. The van der Waals surface area contributed by atoms with Crippen molar-refractivity contribution in [2.75, 3.05) is 19.7 Å². The summed E-state index contributed by atoms with van der Waals surface area (Å²) in [5, 5.41) is 8.62. The second-order valence-corrected chi connectivity index (χ2v) is 11.5. The molecule has 0 aromatic heterocycles. The van der Waals surface area contributed by atoms with Crippen LogP contribution in [-0.4, -0.2) is 37.6 Å². The number of unbranched alkanes of at least 4 members (excludes halogenated alkanes) is 3. The molecule has 3 N–H and O–H groups in total. The van der Waals surface area contributed by atoms with Gasteiger partial charge in [-0.05, 0) is 56.7 Å². The third-order valence-corrected chi connectivity index (χ3v) is 6.64. The van der Waals surface area contributed by atoms with Crippen molar-refractivity contribution in [1.82, 2.24) is 16.0 Å². The first kappa shape index (κ1) is 46.6. The molecule has 2 amide bonds. The van der Waals surface area contributed by atoms with E-state index in [0.717, 1.165) is 54.8 Å². The fourth-order valence-corrected chi connectivity index (χ4v) is 3.93. The standard InChI is InChI=1S/C22H35N3O3.C8H7F3.C6H14.C3H8/c1-5-15-28-20-13-9-8-11-18(20)12-10-14-23-22(27)19(7-3)25-21(26)16-24-17(4)6-2;1-6-3-2-4-7(5-6)8(9,10)11;1-3-5-6-4-2;1-3-2/h8-9,11,13,19,24H,4-7,10,12,14-16H2,1-3H3,(H,23,27)(H,25,26);2-5H,1H3;3-6H2,1-2H3;3H2,1-2H3. The highest BCUT2D eigenvalue weighted by Crippen LogP contribution is 2.29. The molecule has 0 aliphatic rings. The van der Waals surface area contributed by atoms with E-state index in [1.54, 1.807) is 13.0 Å². The number of hydrogen-bond donors (Lipinski definition) is 3. The van der Waals surface area contributed by atoms with Crippen molar-refractivity contribution in [3.8, 4) is 5.75 Å². The number of ether oxygens (including phenoxy) is 1. The molecule has 274 valence electrons. The largest absolute Gasteiger partial charge is 0.493 e. The molecule has 0 bridgehead atoms. The Labute approximate surface area is 289 Å². The number of rotatable bonds is 17. The van der Waals surface area contributed by atoms with E-state index in [4.69, 9.17) is 4.74 Å². The number of allylic oxidation sites excluding steroid dienone is 1. The molecule has 0 spiro atoms. The fraction of sp³-hybridized carbons (Fsp3) is 0.590. The van der Waals surface area contributed by atoms with Crippen molar-refractivity contribution in [3.63, 3.8) is 0 Å². The summed E-state index contributed by atoms with van der Waals surface area (Å²) in [5.74, 6) is 0.551. The van der Waals surface area contributed by atoms with Gasteiger partial charge in [-0.2, -0.15) is 13.2 Å². The summed E-state index contributed by atoms with van der Waals surface area (Å²) in [6, 6.07) is 12.7. The zero-order chi connectivity index (χ0) is 36.8. The smallest absolute Gasteiger partial charge is 0.416 e. The highest BCUT2D eigenvalue weighted by atomic mass is 19.4. The van der Waals surface area contributed by atoms with Crippen LogP contribution in [0.2, 0.25) is 0 Å². The minimum atomic E-state index is -4.22. The van der Waals surface area contributed by atoms with E-state index in [0.29, 0.717) is 25.1 Å². The minimum absolute atomic E-state index is 0.130. The molecule has 0 aliphatic heterocycles. The zero-order valence-electron chi connectivity index (χ0n) is 31.0. The average molecular weight is 680 g/mol. The highest BCUT2D eigenvalue weighted by molar-refractivity contribution is 5.88. The van der Waals surface area contributed by atoms with Crippen LogP contribution in [0.3, 0.4) is 0 Å². The molecular formula is C39H64F3N3O3. The van der Waals surface area contributed by atoms with Gasteiger partial charge >= 0.3 is 6.18 Å². The van der Waals surface area contributed by atoms with E-state index in [2.05, 4.69) is 63.2 Å². The number of amides is 2. The summed E-state index contributed by atoms with van der Waals surface area (Å²) >= 11 is 0. The number of aryl methyl sites for hydroxylation is 2. The molecule has 9 heteroatoms. The topological polar surface area (TPSA) is 79.5 Å². The van der Waals surface area contributed by atoms with Gasteiger partial charge in [0.15, 0.2) is 0 Å². The van der Waals surface area contributed by atoms with Crippen LogP contribution < -0.4 is 20.7 Å². The van der Waals surface area contributed by atoms with E-state index >= 15 is 0 Å². The summed E-state index contributed by atoms with van der Waals surface area (Å²) in [4.78, 5) is 24.3. The molecule has 6 nitrogen and oxygen atoms in total. The lowest BCUT2D eigenvalue weighted by Gasteiger charge is -2.17. The lowest BCUT2D eigenvalue weighted by molar-refractivity contribution is -0.137. The van der Waals surface area contributed by atoms with Crippen molar-refractivity contribution in [2.45, 2.75) is 132 Å². The van der Waals surface area contributed by atoms with Crippen molar-refractivity contribution >= 4 is 11.8 Å². The second-order valence-electron chi connectivity index (χ2n) is 11.5. The molecule has 0 saturated carbocycles. The number of nitrogens with one attached hydrogen (secondary N) is 3. The van der Waals surface area contributed by atoms with Crippen molar-refractivity contribution in [3.05, 3.63) is 77.5 Å². The molecule has 48 heavy (non-hydrogen) atoms. The number of carbonyl (C=O) groups is 2. The van der Waals surface area contributed by atoms with E-state index in [9.17, 15) is 22.8 Å². The van der Waals surface area contributed by atoms with E-state index in [1.807, 2.05) is 32.0 Å². The SMILES string of the molecule is C=C(CC)NCC(=O)NC(CC)C(=O)NCCCc1ccccc1OCCC.CCC.CCCCCC.Cc1cccc(C(F)(F)F)c1. The average Bonchev–Trinajstić information content (AvgIpc) is 3.07. The van der Waals surface area contributed by atoms with Gasteiger partial charge in [-0.1, -0.05) is 129 Å². The molecule has 2 aromatic carbocycles. The third-order valence-electron chi connectivity index (χ3n) is 6.64. The van der Waals surface area contributed by atoms with Crippen molar-refractivity contribution < 1.29 is 27.5 Å². The van der Waals surface area contributed by atoms with E-state index < -0.39 is 17.8 Å². The molecule has 0 heterocycles. The first-order valence-electron chi connectivity index (χ1n) is 17.7. The van der Waals surface area contributed by atoms with Gasteiger partial charge in [-0.3, -0.25) is 9.59 Å². The lowest BCUT2D eigenvalue weighted by Crippen LogP contribution is -2.48. The van der Waals surface area contributed by atoms with Crippen LogP contribution in [0.5, 0.6) is 5.75 Å². The maximum absolute atomic E-state index is 12.3. The Balaban J connectivity index is 0. The van der Waals surface area contributed by atoms with Gasteiger partial charge in [0.25, 0.3) is 0 Å². The quantitative estimate of drug-likeness (QED) is 0.146. The number of benzene rings is 2. The number of carbonyl (C=O) groups excluding carboxylic acids is 2. The van der Waals surface area contributed by atoms with Crippen LogP contribution in [0.4, 0.5) is 13.2 Å². The van der Waals surface area contributed by atoms with Crippen LogP contribution in [-0.2, 0) is 22.2 Å². The van der Waals surface area contributed by atoms with Crippen molar-refractivity contribution in [1.29, 1.82) is 0 Å². The van der Waals surface area contributed by atoms with Gasteiger partial charge in [0, 0.05) is 12.2 Å². The van der Waals surface area contributed by atoms with Crippen LogP contribution in [0.1, 0.15) is 123 Å². The van der Waals surface area contributed by atoms with Gasteiger partial charge in [-0.25, -0.2) is 0 Å². The molecule has 0 fully saturated rings. The Hall–Kier alpha value is -3.49. The Bertz CT molecular complexity index is 1120. The van der Waals surface area contributed by atoms with Gasteiger partial charge in [0.1, 0.15) is 11.8 Å². The summed E-state index contributed by atoms with van der Waals surface area (Å²) in [6.07, 6.45) is 6.47. The molecule has 0 saturated heterocycles. The first-order valence-corrected chi connectivity index (χ1v) is 17.7. The molecule has 1 unspecified atom stereocenters. The zero-order valence-corrected chi connectivity index (χ0v) is 31.0. The summed E-state index contributed by atoms with van der Waals surface area (Å²) in [7, 11) is 0. The number of halogens is 3. The number of hydrogen-bond acceptors (Lipinski definition) is 4. The van der Waals surface area contributed by atoms with Crippen LogP contribution in [0.15, 0.2) is 60.8 Å². The summed E-state index contributed by atoms with van der Waals surface area (Å²) in [6.45, 7) is 21.5. The Kier molecular flexibility index (Phi) is 28.8. The number of para-hydroxylation sites is 1. The number of alkyl halides is 3. The van der Waals surface area contributed by atoms with Gasteiger partial charge in [0.05, 0.1) is 18.7 Å². The Morgan fingerprint density at radius 3 is 1.98 bits per heavy atom. The molecule has 0 radical (unpaired) electrons. The van der Waals surface area contributed by atoms with Crippen LogP contribution in [0, 0.1) is 6.92 Å². The summed E-state index contributed by atoms with van der Waals surface area (Å²) < 4.78 is 41.7. The molecule has 2 aromatic rings. The van der Waals surface area contributed by atoms with E-state index in [1.165, 1.54) is 38.2 Å². The normalized spacial score (nSPS) is 10.8. The monoisotopic (exact) mass is 679 g/mol.